The fourth-order valence-electron chi connectivity index (χ4n) is 1.88. The molecule has 1 amide bonds. The van der Waals surface area contributed by atoms with Gasteiger partial charge in [-0.25, -0.2) is 0 Å². The highest BCUT2D eigenvalue weighted by atomic mass is 35.5. The maximum absolute atomic E-state index is 12.5. The van der Waals surface area contributed by atoms with E-state index in [2.05, 4.69) is 10.1 Å². The van der Waals surface area contributed by atoms with E-state index in [1.165, 1.54) is 24.3 Å². The minimum atomic E-state index is -4.80. The minimum Gasteiger partial charge on any atom is -0.405 e. The first-order valence-electron chi connectivity index (χ1n) is 6.30. The molecule has 0 aromatic heterocycles. The Labute approximate surface area is 140 Å². The van der Waals surface area contributed by atoms with Crippen LogP contribution in [-0.4, -0.2) is 17.1 Å². The molecule has 2 aromatic carbocycles. The predicted molar refractivity (Wildman–Crippen MR) is 82.7 cm³/mol. The van der Waals surface area contributed by atoms with E-state index in [9.17, 15) is 18.0 Å². The number of alkyl halides is 5. The highest BCUT2D eigenvalue weighted by molar-refractivity contribution is 6.54. The molecule has 0 fully saturated rings. The van der Waals surface area contributed by atoms with Crippen LogP contribution in [0.3, 0.4) is 0 Å². The first-order chi connectivity index (χ1) is 10.8. The molecule has 122 valence electrons. The van der Waals surface area contributed by atoms with Gasteiger partial charge in [-0.1, -0.05) is 53.5 Å². The molecule has 2 rings (SSSR count). The number of anilines is 1. The van der Waals surface area contributed by atoms with Crippen molar-refractivity contribution >= 4 is 34.8 Å². The number of hydrogen-bond acceptors (Lipinski definition) is 2. The Hall–Kier alpha value is -1.92. The second-order valence-corrected chi connectivity index (χ2v) is 5.51. The van der Waals surface area contributed by atoms with Crippen LogP contribution in [0.25, 0.3) is 11.1 Å². The Morgan fingerprint density at radius 1 is 1.09 bits per heavy atom. The molecule has 2 aromatic rings. The quantitative estimate of drug-likeness (QED) is 0.776. The van der Waals surface area contributed by atoms with Gasteiger partial charge in [0.15, 0.2) is 4.84 Å². The molecule has 0 aliphatic rings. The van der Waals surface area contributed by atoms with Crippen LogP contribution in [0.5, 0.6) is 5.75 Å². The standard InChI is InChI=1S/C15H10Cl2F3NO2/c16-13(17)14(22)21-10-5-3-4-9(8-10)11-6-1-2-7-12(11)23-15(18,19)20/h1-8,13H,(H,21,22). The molecular formula is C15H10Cl2F3NO2. The number of hydrogen-bond donors (Lipinski definition) is 1. The Kier molecular flexibility index (Phi) is 5.38. The normalized spacial score (nSPS) is 11.4. The van der Waals surface area contributed by atoms with Gasteiger partial charge >= 0.3 is 6.36 Å². The van der Waals surface area contributed by atoms with Gasteiger partial charge in [-0.15, -0.1) is 13.2 Å². The number of ether oxygens (including phenoxy) is 1. The van der Waals surface area contributed by atoms with Crippen LogP contribution >= 0.6 is 23.2 Å². The number of para-hydroxylation sites is 1. The Morgan fingerprint density at radius 2 is 1.78 bits per heavy atom. The van der Waals surface area contributed by atoms with Gasteiger partial charge in [-0.2, -0.15) is 0 Å². The van der Waals surface area contributed by atoms with Crippen molar-refractivity contribution in [2.24, 2.45) is 0 Å². The molecule has 0 bridgehead atoms. The van der Waals surface area contributed by atoms with E-state index in [1.807, 2.05) is 0 Å². The van der Waals surface area contributed by atoms with E-state index in [0.717, 1.165) is 0 Å². The van der Waals surface area contributed by atoms with Crippen LogP contribution in [0, 0.1) is 0 Å². The molecular weight excluding hydrogens is 354 g/mol. The fraction of sp³-hybridized carbons (Fsp3) is 0.133. The zero-order valence-electron chi connectivity index (χ0n) is 11.4. The zero-order chi connectivity index (χ0) is 17.0. The van der Waals surface area contributed by atoms with Crippen LogP contribution in [-0.2, 0) is 4.79 Å². The van der Waals surface area contributed by atoms with Crippen molar-refractivity contribution in [2.45, 2.75) is 11.2 Å². The largest absolute Gasteiger partial charge is 0.573 e. The van der Waals surface area contributed by atoms with E-state index in [0.29, 0.717) is 11.3 Å². The lowest BCUT2D eigenvalue weighted by molar-refractivity contribution is -0.274. The van der Waals surface area contributed by atoms with Gasteiger partial charge in [0.1, 0.15) is 5.75 Å². The Morgan fingerprint density at radius 3 is 2.43 bits per heavy atom. The van der Waals surface area contributed by atoms with Crippen molar-refractivity contribution in [3.63, 3.8) is 0 Å². The smallest absolute Gasteiger partial charge is 0.405 e. The summed E-state index contributed by atoms with van der Waals surface area (Å²) in [7, 11) is 0. The number of halogens is 5. The first-order valence-corrected chi connectivity index (χ1v) is 7.18. The number of rotatable bonds is 4. The highest BCUT2D eigenvalue weighted by Gasteiger charge is 2.32. The van der Waals surface area contributed by atoms with Crippen LogP contribution in [0.1, 0.15) is 0 Å². The fourth-order valence-corrected chi connectivity index (χ4v) is 1.99. The number of carbonyl (C=O) groups excluding carboxylic acids is 1. The molecule has 0 unspecified atom stereocenters. The monoisotopic (exact) mass is 363 g/mol. The van der Waals surface area contributed by atoms with Gasteiger partial charge in [0.25, 0.3) is 5.91 Å². The Balaban J connectivity index is 2.34. The second-order valence-electron chi connectivity index (χ2n) is 4.41. The number of nitrogens with one attached hydrogen (secondary N) is 1. The molecule has 0 saturated heterocycles. The summed E-state index contributed by atoms with van der Waals surface area (Å²) in [6.45, 7) is 0. The number of amides is 1. The maximum atomic E-state index is 12.5. The number of carbonyl (C=O) groups is 1. The van der Waals surface area contributed by atoms with E-state index in [4.69, 9.17) is 23.2 Å². The molecule has 3 nitrogen and oxygen atoms in total. The molecule has 1 N–H and O–H groups in total. The topological polar surface area (TPSA) is 38.3 Å². The highest BCUT2D eigenvalue weighted by Crippen LogP contribution is 2.34. The lowest BCUT2D eigenvalue weighted by Crippen LogP contribution is -2.18. The second kappa shape index (κ2) is 7.10. The summed E-state index contributed by atoms with van der Waals surface area (Å²) in [6, 6.07) is 11.9. The van der Waals surface area contributed by atoms with Gasteiger partial charge in [-0.05, 0) is 23.8 Å². The van der Waals surface area contributed by atoms with Crippen molar-refractivity contribution in [3.05, 3.63) is 48.5 Å². The minimum absolute atomic E-state index is 0.231. The third-order valence-corrected chi connectivity index (χ3v) is 3.15. The van der Waals surface area contributed by atoms with Crippen LogP contribution in [0.2, 0.25) is 0 Å². The summed E-state index contributed by atoms with van der Waals surface area (Å²) in [5, 5.41) is 2.45. The maximum Gasteiger partial charge on any atom is 0.573 e. The third-order valence-electron chi connectivity index (χ3n) is 2.75. The average Bonchev–Trinajstić information content (AvgIpc) is 2.46. The van der Waals surface area contributed by atoms with Gasteiger partial charge in [-0.3, -0.25) is 4.79 Å². The van der Waals surface area contributed by atoms with E-state index in [-0.39, 0.29) is 11.3 Å². The van der Waals surface area contributed by atoms with E-state index in [1.54, 1.807) is 24.3 Å². The lowest BCUT2D eigenvalue weighted by atomic mass is 10.0. The van der Waals surface area contributed by atoms with Crippen LogP contribution in [0.15, 0.2) is 48.5 Å². The SMILES string of the molecule is O=C(Nc1cccc(-c2ccccc2OC(F)(F)F)c1)C(Cl)Cl. The summed E-state index contributed by atoms with van der Waals surface area (Å²) in [4.78, 5) is 10.2. The van der Waals surface area contributed by atoms with Gasteiger partial charge in [0, 0.05) is 11.3 Å². The lowest BCUT2D eigenvalue weighted by Gasteiger charge is -2.14. The van der Waals surface area contributed by atoms with Crippen molar-refractivity contribution in [1.82, 2.24) is 0 Å². The third kappa shape index (κ3) is 5.04. The number of benzene rings is 2. The molecule has 0 aliphatic heterocycles. The molecule has 0 atom stereocenters. The van der Waals surface area contributed by atoms with Crippen LogP contribution in [0.4, 0.5) is 18.9 Å². The van der Waals surface area contributed by atoms with Crippen molar-refractivity contribution in [1.29, 1.82) is 0 Å². The molecule has 0 heterocycles. The summed E-state index contributed by atoms with van der Waals surface area (Å²) < 4.78 is 41.4. The molecule has 23 heavy (non-hydrogen) atoms. The van der Waals surface area contributed by atoms with Gasteiger partial charge < -0.3 is 10.1 Å². The first kappa shape index (κ1) is 17.4. The van der Waals surface area contributed by atoms with Crippen LogP contribution < -0.4 is 10.1 Å². The zero-order valence-corrected chi connectivity index (χ0v) is 12.9. The molecule has 0 aliphatic carbocycles. The van der Waals surface area contributed by atoms with E-state index < -0.39 is 17.1 Å². The van der Waals surface area contributed by atoms with Crippen molar-refractivity contribution in [3.8, 4) is 16.9 Å². The predicted octanol–water partition coefficient (Wildman–Crippen LogP) is 4.99. The molecule has 8 heteroatoms. The Bertz CT molecular complexity index is 705. The van der Waals surface area contributed by atoms with Gasteiger partial charge in [0.2, 0.25) is 0 Å². The summed E-state index contributed by atoms with van der Waals surface area (Å²) in [6.07, 6.45) is -4.80. The average molecular weight is 364 g/mol. The summed E-state index contributed by atoms with van der Waals surface area (Å²) in [5.74, 6) is -0.971. The summed E-state index contributed by atoms with van der Waals surface area (Å²) in [5.41, 5.74) is 1.01. The molecule has 0 saturated carbocycles. The molecule has 0 radical (unpaired) electrons. The van der Waals surface area contributed by atoms with Crippen molar-refractivity contribution in [2.75, 3.05) is 5.32 Å². The summed E-state index contributed by atoms with van der Waals surface area (Å²) >= 11 is 10.9. The van der Waals surface area contributed by atoms with E-state index >= 15 is 0 Å². The molecule has 0 spiro atoms. The van der Waals surface area contributed by atoms with Gasteiger partial charge in [0.05, 0.1) is 0 Å². The van der Waals surface area contributed by atoms with Crippen molar-refractivity contribution < 1.29 is 22.7 Å².